The number of nitrogens with zero attached hydrogens (tertiary/aromatic N) is 2. The number of nitrogens with one attached hydrogen (secondary N) is 2. The second-order valence-electron chi connectivity index (χ2n) is 9.60. The van der Waals surface area contributed by atoms with Crippen molar-refractivity contribution >= 4 is 32.7 Å². The van der Waals surface area contributed by atoms with E-state index in [-0.39, 0.29) is 16.6 Å². The maximum atomic E-state index is 14.1. The first kappa shape index (κ1) is 27.1. The molecule has 0 saturated carbocycles. The van der Waals surface area contributed by atoms with Crippen LogP contribution < -0.4 is 20.5 Å². The number of anilines is 1. The molecule has 0 aliphatic heterocycles. The SMILES string of the molecule is COc1cccc2c1c(NS(=O)(=O)c1ccc(C)c(F)c1)nn2Cc1cccc(CNC(=O)C(C)(C)N)c1. The number of amides is 1. The molecule has 0 radical (unpaired) electrons. The van der Waals surface area contributed by atoms with Gasteiger partial charge in [-0.2, -0.15) is 5.10 Å². The molecule has 3 aromatic carbocycles. The Labute approximate surface area is 220 Å². The topological polar surface area (TPSA) is 128 Å². The molecule has 4 rings (SSSR count). The summed E-state index contributed by atoms with van der Waals surface area (Å²) in [6.45, 7) is 5.45. The van der Waals surface area contributed by atoms with Crippen LogP contribution in [0, 0.1) is 12.7 Å². The smallest absolute Gasteiger partial charge is 0.263 e. The minimum absolute atomic E-state index is 0.0621. The highest BCUT2D eigenvalue weighted by Gasteiger charge is 2.23. The monoisotopic (exact) mass is 539 g/mol. The highest BCUT2D eigenvalue weighted by molar-refractivity contribution is 7.92. The van der Waals surface area contributed by atoms with Gasteiger partial charge in [-0.3, -0.25) is 14.2 Å². The average Bonchev–Trinajstić information content (AvgIpc) is 3.20. The molecule has 0 bridgehead atoms. The molecular weight excluding hydrogens is 509 g/mol. The van der Waals surface area contributed by atoms with Crippen LogP contribution in [-0.4, -0.2) is 36.8 Å². The standard InChI is InChI=1S/C27H30FN5O4S/c1-17-11-12-20(14-21(17)28)38(35,36)32-25-24-22(9-6-10-23(24)37-4)33(31-25)16-19-8-5-7-18(13-19)15-30-26(34)27(2,3)29/h5-14H,15-16,29H2,1-4H3,(H,30,34)(H,31,32). The first-order chi connectivity index (χ1) is 17.9. The van der Waals surface area contributed by atoms with Crippen LogP contribution in [0.25, 0.3) is 10.9 Å². The molecule has 1 heterocycles. The van der Waals surface area contributed by atoms with E-state index in [4.69, 9.17) is 10.5 Å². The second kappa shape index (κ2) is 10.4. The quantitative estimate of drug-likeness (QED) is 0.298. The Morgan fingerprint density at radius 3 is 2.50 bits per heavy atom. The van der Waals surface area contributed by atoms with Gasteiger partial charge in [0.25, 0.3) is 10.0 Å². The third kappa shape index (κ3) is 5.79. The molecule has 1 amide bonds. The van der Waals surface area contributed by atoms with Crippen LogP contribution in [0.3, 0.4) is 0 Å². The van der Waals surface area contributed by atoms with Gasteiger partial charge in [-0.05, 0) is 61.7 Å². The third-order valence-electron chi connectivity index (χ3n) is 6.01. The molecule has 0 aliphatic carbocycles. The number of hydrogen-bond donors (Lipinski definition) is 3. The molecule has 0 atom stereocenters. The highest BCUT2D eigenvalue weighted by atomic mass is 32.2. The van der Waals surface area contributed by atoms with E-state index >= 15 is 0 Å². The van der Waals surface area contributed by atoms with Gasteiger partial charge < -0.3 is 15.8 Å². The molecule has 0 unspecified atom stereocenters. The predicted octanol–water partition coefficient (Wildman–Crippen LogP) is 3.70. The molecule has 9 nitrogen and oxygen atoms in total. The molecule has 0 spiro atoms. The predicted molar refractivity (Wildman–Crippen MR) is 144 cm³/mol. The number of fused-ring (bicyclic) bond motifs is 1. The number of methoxy groups -OCH3 is 1. The Bertz CT molecular complexity index is 1610. The van der Waals surface area contributed by atoms with Crippen molar-refractivity contribution in [1.82, 2.24) is 15.1 Å². The van der Waals surface area contributed by atoms with Crippen LogP contribution in [0.2, 0.25) is 0 Å². The van der Waals surface area contributed by atoms with Gasteiger partial charge in [-0.1, -0.05) is 36.4 Å². The minimum Gasteiger partial charge on any atom is -0.496 e. The zero-order chi connectivity index (χ0) is 27.7. The summed E-state index contributed by atoms with van der Waals surface area (Å²) in [4.78, 5) is 11.9. The number of benzene rings is 3. The number of sulfonamides is 1. The van der Waals surface area contributed by atoms with E-state index in [1.54, 1.807) is 37.6 Å². The maximum Gasteiger partial charge on any atom is 0.263 e. The Morgan fingerprint density at radius 1 is 1.11 bits per heavy atom. The summed E-state index contributed by atoms with van der Waals surface area (Å²) < 4.78 is 50.0. The lowest BCUT2D eigenvalue weighted by Crippen LogP contribution is -2.48. The fourth-order valence-corrected chi connectivity index (χ4v) is 4.93. The van der Waals surface area contributed by atoms with E-state index in [0.717, 1.165) is 17.2 Å². The summed E-state index contributed by atoms with van der Waals surface area (Å²) in [6.07, 6.45) is 0. The number of hydrogen-bond acceptors (Lipinski definition) is 6. The lowest BCUT2D eigenvalue weighted by molar-refractivity contribution is -0.125. The summed E-state index contributed by atoms with van der Waals surface area (Å²) in [5.74, 6) is -0.389. The van der Waals surface area contributed by atoms with Gasteiger partial charge in [0.05, 0.1) is 35.0 Å². The molecule has 0 saturated heterocycles. The fraction of sp³-hybridized carbons (Fsp3) is 0.259. The zero-order valence-electron chi connectivity index (χ0n) is 21.6. The van der Waals surface area contributed by atoms with Gasteiger partial charge in [0, 0.05) is 6.54 Å². The molecule has 4 aromatic rings. The Hall–Kier alpha value is -3.96. The number of aryl methyl sites for hydroxylation is 1. The zero-order valence-corrected chi connectivity index (χ0v) is 22.4. The number of carbonyl (C=O) groups excluding carboxylic acids is 1. The molecule has 11 heteroatoms. The van der Waals surface area contributed by atoms with Crippen molar-refractivity contribution < 1.29 is 22.3 Å². The maximum absolute atomic E-state index is 14.1. The van der Waals surface area contributed by atoms with Crippen molar-refractivity contribution in [2.75, 3.05) is 11.8 Å². The highest BCUT2D eigenvalue weighted by Crippen LogP contribution is 2.34. The van der Waals surface area contributed by atoms with Crippen LogP contribution in [0.5, 0.6) is 5.75 Å². The van der Waals surface area contributed by atoms with Crippen molar-refractivity contribution in [1.29, 1.82) is 0 Å². The molecule has 0 fully saturated rings. The third-order valence-corrected chi connectivity index (χ3v) is 7.34. The van der Waals surface area contributed by atoms with Gasteiger partial charge >= 0.3 is 0 Å². The van der Waals surface area contributed by atoms with Gasteiger partial charge in [0.15, 0.2) is 5.82 Å². The van der Waals surface area contributed by atoms with Crippen LogP contribution >= 0.6 is 0 Å². The summed E-state index contributed by atoms with van der Waals surface area (Å²) in [5.41, 5.74) is 7.59. The van der Waals surface area contributed by atoms with Crippen LogP contribution in [0.15, 0.2) is 65.6 Å². The van der Waals surface area contributed by atoms with Gasteiger partial charge in [0.2, 0.25) is 5.91 Å². The van der Waals surface area contributed by atoms with E-state index < -0.39 is 21.4 Å². The van der Waals surface area contributed by atoms with E-state index in [0.29, 0.717) is 35.3 Å². The molecule has 38 heavy (non-hydrogen) atoms. The number of halogens is 1. The number of aromatic nitrogens is 2. The van der Waals surface area contributed by atoms with Gasteiger partial charge in [0.1, 0.15) is 11.6 Å². The number of rotatable bonds is 9. The molecule has 1 aromatic heterocycles. The van der Waals surface area contributed by atoms with Crippen molar-refractivity contribution in [3.05, 3.63) is 83.2 Å². The molecular formula is C27H30FN5O4S. The first-order valence-electron chi connectivity index (χ1n) is 11.9. The second-order valence-corrected chi connectivity index (χ2v) is 11.3. The van der Waals surface area contributed by atoms with E-state index in [2.05, 4.69) is 15.1 Å². The minimum atomic E-state index is -4.13. The summed E-state index contributed by atoms with van der Waals surface area (Å²) in [6, 6.07) is 16.6. The lowest BCUT2D eigenvalue weighted by atomic mass is 10.1. The largest absolute Gasteiger partial charge is 0.496 e. The van der Waals surface area contributed by atoms with E-state index in [1.807, 2.05) is 30.3 Å². The Morgan fingerprint density at radius 2 is 1.82 bits per heavy atom. The lowest BCUT2D eigenvalue weighted by Gasteiger charge is -2.18. The van der Waals surface area contributed by atoms with Gasteiger partial charge in [-0.15, -0.1) is 0 Å². The Balaban J connectivity index is 1.67. The number of nitrogens with two attached hydrogens (primary N) is 1. The van der Waals surface area contributed by atoms with E-state index in [9.17, 15) is 17.6 Å². The first-order valence-corrected chi connectivity index (χ1v) is 13.3. The summed E-state index contributed by atoms with van der Waals surface area (Å²) in [5, 5.41) is 7.84. The normalized spacial score (nSPS) is 11.9. The van der Waals surface area contributed by atoms with Crippen molar-refractivity contribution in [3.63, 3.8) is 0 Å². The van der Waals surface area contributed by atoms with Crippen LogP contribution in [0.4, 0.5) is 10.2 Å². The van der Waals surface area contributed by atoms with Crippen molar-refractivity contribution in [2.45, 2.75) is 44.3 Å². The number of ether oxygens (including phenoxy) is 1. The van der Waals surface area contributed by atoms with Crippen molar-refractivity contribution in [2.24, 2.45) is 5.73 Å². The summed E-state index contributed by atoms with van der Waals surface area (Å²) in [7, 11) is -2.65. The van der Waals surface area contributed by atoms with Crippen LogP contribution in [0.1, 0.15) is 30.5 Å². The fourth-order valence-electron chi connectivity index (χ4n) is 3.91. The number of carbonyl (C=O) groups is 1. The molecule has 4 N–H and O–H groups in total. The molecule has 0 aliphatic rings. The summed E-state index contributed by atoms with van der Waals surface area (Å²) >= 11 is 0. The molecule has 200 valence electrons. The van der Waals surface area contributed by atoms with Crippen molar-refractivity contribution in [3.8, 4) is 5.75 Å². The van der Waals surface area contributed by atoms with Crippen LogP contribution in [-0.2, 0) is 27.9 Å². The Kier molecular flexibility index (Phi) is 7.43. The average molecular weight is 540 g/mol. The van der Waals surface area contributed by atoms with E-state index in [1.165, 1.54) is 19.2 Å². The van der Waals surface area contributed by atoms with Gasteiger partial charge in [-0.25, -0.2) is 12.8 Å².